The van der Waals surface area contributed by atoms with E-state index >= 15 is 0 Å². The molecule has 1 aliphatic carbocycles. The van der Waals surface area contributed by atoms with Crippen molar-refractivity contribution in [2.75, 3.05) is 24.6 Å². The van der Waals surface area contributed by atoms with Gasteiger partial charge in [-0.2, -0.15) is 26.3 Å². The van der Waals surface area contributed by atoms with Gasteiger partial charge in [0.2, 0.25) is 0 Å². The molecule has 0 unspecified atom stereocenters. The van der Waals surface area contributed by atoms with Gasteiger partial charge in [-0.1, -0.05) is 38.0 Å². The van der Waals surface area contributed by atoms with Crippen LogP contribution in [0, 0.1) is 5.92 Å². The summed E-state index contributed by atoms with van der Waals surface area (Å²) in [6.07, 6.45) is -5.47. The molecule has 1 heterocycles. The van der Waals surface area contributed by atoms with Crippen molar-refractivity contribution in [3.8, 4) is 0 Å². The summed E-state index contributed by atoms with van der Waals surface area (Å²) in [6, 6.07) is 10.7. The van der Waals surface area contributed by atoms with E-state index < -0.39 is 36.1 Å². The van der Waals surface area contributed by atoms with Crippen molar-refractivity contribution in [1.29, 1.82) is 0 Å². The first-order valence-corrected chi connectivity index (χ1v) is 14.2. The number of pyridine rings is 1. The van der Waals surface area contributed by atoms with E-state index in [-0.39, 0.29) is 24.8 Å². The number of ether oxygens (including phenoxy) is 1. The van der Waals surface area contributed by atoms with Crippen LogP contribution >= 0.6 is 0 Å². The Hall–Kier alpha value is -3.50. The number of hydrogen-bond donors (Lipinski definition) is 0. The Balaban J connectivity index is 1.77. The zero-order valence-electron chi connectivity index (χ0n) is 23.7. The molecule has 0 radical (unpaired) electrons. The molecule has 1 aliphatic rings. The number of anilines is 1. The molecule has 228 valence electrons. The highest BCUT2D eigenvalue weighted by atomic mass is 19.4. The van der Waals surface area contributed by atoms with Gasteiger partial charge in [-0.05, 0) is 68.0 Å². The Morgan fingerprint density at radius 3 is 2.17 bits per heavy atom. The third kappa shape index (κ3) is 7.86. The molecule has 42 heavy (non-hydrogen) atoms. The molecule has 4 rings (SSSR count). The van der Waals surface area contributed by atoms with Gasteiger partial charge in [0, 0.05) is 30.6 Å². The predicted molar refractivity (Wildman–Crippen MR) is 149 cm³/mol. The number of carbonyl (C=O) groups excluding carboxylic acids is 1. The van der Waals surface area contributed by atoms with Crippen LogP contribution in [-0.4, -0.2) is 35.7 Å². The van der Waals surface area contributed by atoms with E-state index in [0.717, 1.165) is 54.5 Å². The molecular formula is C31H35F6N3O2. The van der Waals surface area contributed by atoms with E-state index in [1.165, 1.54) is 0 Å². The highest BCUT2D eigenvalue weighted by Crippen LogP contribution is 2.37. The topological polar surface area (TPSA) is 45.7 Å². The van der Waals surface area contributed by atoms with Crippen LogP contribution in [0.15, 0.2) is 48.5 Å². The smallest absolute Gasteiger partial charge is 0.416 e. The van der Waals surface area contributed by atoms with E-state index in [0.29, 0.717) is 36.0 Å². The SMILES string of the molecule is CCCN(CC1CCCC1)c1nc2ccccc2cc1CN(Cc1cc(C(F)(F)F)cc(C(F)(F)F)c1)C(=O)OCC. The average Bonchev–Trinajstić information content (AvgIpc) is 3.44. The third-order valence-electron chi connectivity index (χ3n) is 7.43. The van der Waals surface area contributed by atoms with Crippen molar-refractivity contribution in [3.63, 3.8) is 0 Å². The second-order valence-corrected chi connectivity index (χ2v) is 10.7. The highest BCUT2D eigenvalue weighted by Gasteiger charge is 2.37. The second kappa shape index (κ2) is 13.2. The van der Waals surface area contributed by atoms with Crippen LogP contribution < -0.4 is 4.90 Å². The normalized spacial score (nSPS) is 14.4. The molecule has 0 saturated heterocycles. The molecule has 2 aromatic carbocycles. The van der Waals surface area contributed by atoms with Crippen LogP contribution in [0.2, 0.25) is 0 Å². The molecule has 5 nitrogen and oxygen atoms in total. The van der Waals surface area contributed by atoms with E-state index in [2.05, 4.69) is 11.8 Å². The lowest BCUT2D eigenvalue weighted by atomic mass is 10.0. The summed E-state index contributed by atoms with van der Waals surface area (Å²) >= 11 is 0. The number of rotatable bonds is 10. The molecule has 0 bridgehead atoms. The molecule has 0 atom stereocenters. The number of amides is 1. The Morgan fingerprint density at radius 1 is 0.929 bits per heavy atom. The van der Waals surface area contributed by atoms with Crippen LogP contribution in [0.25, 0.3) is 10.9 Å². The number of carbonyl (C=O) groups is 1. The minimum atomic E-state index is -5.00. The van der Waals surface area contributed by atoms with E-state index in [4.69, 9.17) is 9.72 Å². The molecule has 1 saturated carbocycles. The molecule has 3 aromatic rings. The minimum absolute atomic E-state index is 0.0157. The van der Waals surface area contributed by atoms with Crippen LogP contribution in [0.1, 0.15) is 68.2 Å². The molecule has 0 N–H and O–H groups in total. The lowest BCUT2D eigenvalue weighted by Gasteiger charge is -2.30. The van der Waals surface area contributed by atoms with Crippen molar-refractivity contribution in [1.82, 2.24) is 9.88 Å². The zero-order valence-corrected chi connectivity index (χ0v) is 23.7. The van der Waals surface area contributed by atoms with Crippen LogP contribution in [0.5, 0.6) is 0 Å². The predicted octanol–water partition coefficient (Wildman–Crippen LogP) is 8.84. The fraction of sp³-hybridized carbons (Fsp3) is 0.484. The van der Waals surface area contributed by atoms with Crippen molar-refractivity contribution >= 4 is 22.8 Å². The summed E-state index contributed by atoms with van der Waals surface area (Å²) in [4.78, 5) is 21.4. The van der Waals surface area contributed by atoms with Gasteiger partial charge < -0.3 is 9.64 Å². The Bertz CT molecular complexity index is 1340. The molecule has 1 fully saturated rings. The minimum Gasteiger partial charge on any atom is -0.450 e. The number of benzene rings is 2. The average molecular weight is 596 g/mol. The molecule has 0 aliphatic heterocycles. The summed E-state index contributed by atoms with van der Waals surface area (Å²) in [6.45, 7) is 4.46. The Labute approximate surface area is 241 Å². The van der Waals surface area contributed by atoms with Gasteiger partial charge in [0.15, 0.2) is 0 Å². The number of hydrogen-bond acceptors (Lipinski definition) is 4. The van der Waals surface area contributed by atoms with E-state index in [1.807, 2.05) is 30.3 Å². The number of para-hydroxylation sites is 1. The standard InChI is InChI=1S/C31H35F6N3O2/c1-3-13-39(18-21-9-5-6-10-21)28-24(16-23-11-7-8-12-27(23)38-28)20-40(29(41)42-4-2)19-22-14-25(30(32,33)34)17-26(15-22)31(35,36)37/h7-8,11-12,14-17,21H,3-6,9-10,13,18-20H2,1-2H3. The fourth-order valence-electron chi connectivity index (χ4n) is 5.53. The van der Waals surface area contributed by atoms with Gasteiger partial charge in [-0.3, -0.25) is 4.90 Å². The number of aromatic nitrogens is 1. The highest BCUT2D eigenvalue weighted by molar-refractivity contribution is 5.82. The first kappa shape index (κ1) is 31.4. The Morgan fingerprint density at radius 2 is 1.57 bits per heavy atom. The van der Waals surface area contributed by atoms with Gasteiger partial charge in [0.05, 0.1) is 29.8 Å². The second-order valence-electron chi connectivity index (χ2n) is 10.7. The van der Waals surface area contributed by atoms with Crippen LogP contribution in [-0.2, 0) is 30.2 Å². The molecule has 0 spiro atoms. The quantitative estimate of drug-likeness (QED) is 0.220. The summed E-state index contributed by atoms with van der Waals surface area (Å²) in [5, 5.41) is 0.802. The number of fused-ring (bicyclic) bond motifs is 1. The third-order valence-corrected chi connectivity index (χ3v) is 7.43. The van der Waals surface area contributed by atoms with Gasteiger partial charge in [0.25, 0.3) is 0 Å². The molecule has 1 aromatic heterocycles. The molecule has 11 heteroatoms. The Kier molecular flexibility index (Phi) is 9.89. The summed E-state index contributed by atoms with van der Waals surface area (Å²) in [7, 11) is 0. The van der Waals surface area contributed by atoms with Gasteiger partial charge in [-0.15, -0.1) is 0 Å². The monoisotopic (exact) mass is 595 g/mol. The number of nitrogens with zero attached hydrogens (tertiary/aromatic N) is 3. The lowest BCUT2D eigenvalue weighted by Crippen LogP contribution is -2.34. The largest absolute Gasteiger partial charge is 0.450 e. The van der Waals surface area contributed by atoms with Crippen molar-refractivity contribution in [2.45, 2.75) is 71.4 Å². The van der Waals surface area contributed by atoms with E-state index in [9.17, 15) is 31.1 Å². The van der Waals surface area contributed by atoms with Gasteiger partial charge in [-0.25, -0.2) is 9.78 Å². The summed E-state index contributed by atoms with van der Waals surface area (Å²) in [5.74, 6) is 1.14. The van der Waals surface area contributed by atoms with Crippen molar-refractivity contribution in [3.05, 3.63) is 70.8 Å². The summed E-state index contributed by atoms with van der Waals surface area (Å²) < 4.78 is 86.5. The maximum Gasteiger partial charge on any atom is 0.416 e. The summed E-state index contributed by atoms with van der Waals surface area (Å²) in [5.41, 5.74) is -1.79. The molecule has 1 amide bonds. The first-order chi connectivity index (χ1) is 19.9. The van der Waals surface area contributed by atoms with E-state index in [1.54, 1.807) is 6.92 Å². The maximum atomic E-state index is 13.5. The van der Waals surface area contributed by atoms with Crippen LogP contribution in [0.4, 0.5) is 37.0 Å². The van der Waals surface area contributed by atoms with Crippen molar-refractivity contribution in [2.24, 2.45) is 5.92 Å². The maximum absolute atomic E-state index is 13.5. The number of alkyl halides is 6. The fourth-order valence-corrected chi connectivity index (χ4v) is 5.53. The van der Waals surface area contributed by atoms with Crippen LogP contribution in [0.3, 0.4) is 0 Å². The lowest BCUT2D eigenvalue weighted by molar-refractivity contribution is -0.143. The van der Waals surface area contributed by atoms with Gasteiger partial charge >= 0.3 is 18.4 Å². The first-order valence-electron chi connectivity index (χ1n) is 14.2. The zero-order chi connectivity index (χ0) is 30.5. The molecular weight excluding hydrogens is 560 g/mol. The van der Waals surface area contributed by atoms with Gasteiger partial charge in [0.1, 0.15) is 5.82 Å². The number of halogens is 6. The van der Waals surface area contributed by atoms with Crippen molar-refractivity contribution < 1.29 is 35.9 Å².